The third kappa shape index (κ3) is 5.47. The summed E-state index contributed by atoms with van der Waals surface area (Å²) in [5, 5.41) is 5.99. The Bertz CT molecular complexity index is 328. The molecule has 0 atom stereocenters. The monoisotopic (exact) mass is 260 g/mol. The zero-order valence-electron chi connectivity index (χ0n) is 9.46. The van der Waals surface area contributed by atoms with E-state index in [0.717, 1.165) is 30.0 Å². The summed E-state index contributed by atoms with van der Waals surface area (Å²) in [6.45, 7) is 2.65. The first-order valence-corrected chi connectivity index (χ1v) is 6.87. The number of hydrogen-bond donors (Lipinski definition) is 1. The first-order chi connectivity index (χ1) is 7.72. The normalized spacial score (nSPS) is 10.4. The number of hydrogen-bond acceptors (Lipinski definition) is 3. The Kier molecular flexibility index (Phi) is 6.42. The molecule has 90 valence electrons. The van der Waals surface area contributed by atoms with Crippen LogP contribution in [0.25, 0.3) is 0 Å². The van der Waals surface area contributed by atoms with Gasteiger partial charge in [-0.1, -0.05) is 0 Å². The van der Waals surface area contributed by atoms with Gasteiger partial charge in [0.1, 0.15) is 0 Å². The number of aryl methyl sites for hydroxylation is 1. The van der Waals surface area contributed by atoms with E-state index in [-0.39, 0.29) is 5.91 Å². The largest absolute Gasteiger partial charge is 0.356 e. The molecule has 1 rings (SSSR count). The molecule has 1 amide bonds. The van der Waals surface area contributed by atoms with Crippen molar-refractivity contribution in [1.82, 2.24) is 10.3 Å². The molecule has 0 aliphatic carbocycles. The Morgan fingerprint density at radius 2 is 2.38 bits per heavy atom. The standard InChI is InChI=1S/C11H17ClN2OS/c1-9-14-10(8-16-9)5-7-13-11(15)4-2-3-6-12/h8H,2-7H2,1H3,(H,13,15). The average Bonchev–Trinajstić information content (AvgIpc) is 2.65. The van der Waals surface area contributed by atoms with Gasteiger partial charge in [0.15, 0.2) is 0 Å². The molecule has 0 bridgehead atoms. The molecule has 5 heteroatoms. The maximum Gasteiger partial charge on any atom is 0.220 e. The van der Waals surface area contributed by atoms with Crippen LogP contribution in [0.15, 0.2) is 5.38 Å². The first kappa shape index (κ1) is 13.5. The third-order valence-electron chi connectivity index (χ3n) is 2.16. The van der Waals surface area contributed by atoms with Gasteiger partial charge in [-0.2, -0.15) is 0 Å². The molecule has 0 saturated carbocycles. The van der Waals surface area contributed by atoms with Crippen molar-refractivity contribution in [1.29, 1.82) is 0 Å². The molecule has 0 aliphatic heterocycles. The highest BCUT2D eigenvalue weighted by molar-refractivity contribution is 7.09. The Morgan fingerprint density at radius 3 is 3.00 bits per heavy atom. The average molecular weight is 261 g/mol. The second-order valence-electron chi connectivity index (χ2n) is 3.60. The zero-order chi connectivity index (χ0) is 11.8. The number of alkyl halides is 1. The van der Waals surface area contributed by atoms with Gasteiger partial charge >= 0.3 is 0 Å². The van der Waals surface area contributed by atoms with Crippen LogP contribution in [0.2, 0.25) is 0 Å². The molecular formula is C11H17ClN2OS. The molecule has 1 aromatic rings. The number of rotatable bonds is 7. The molecule has 1 heterocycles. The number of aromatic nitrogens is 1. The van der Waals surface area contributed by atoms with Gasteiger partial charge in [-0.25, -0.2) is 4.98 Å². The van der Waals surface area contributed by atoms with E-state index in [1.54, 1.807) is 11.3 Å². The van der Waals surface area contributed by atoms with Crippen LogP contribution in [-0.2, 0) is 11.2 Å². The molecule has 0 unspecified atom stereocenters. The van der Waals surface area contributed by atoms with Crippen molar-refractivity contribution < 1.29 is 4.79 Å². The molecule has 1 aromatic heterocycles. The second-order valence-corrected chi connectivity index (χ2v) is 5.04. The van der Waals surface area contributed by atoms with Crippen molar-refractivity contribution in [2.24, 2.45) is 0 Å². The fourth-order valence-electron chi connectivity index (χ4n) is 1.32. The van der Waals surface area contributed by atoms with Crippen molar-refractivity contribution in [2.75, 3.05) is 12.4 Å². The topological polar surface area (TPSA) is 42.0 Å². The van der Waals surface area contributed by atoms with E-state index in [1.807, 2.05) is 12.3 Å². The van der Waals surface area contributed by atoms with Gasteiger partial charge < -0.3 is 5.32 Å². The Morgan fingerprint density at radius 1 is 1.56 bits per heavy atom. The van der Waals surface area contributed by atoms with Crippen molar-refractivity contribution in [3.05, 3.63) is 16.1 Å². The van der Waals surface area contributed by atoms with E-state index in [0.29, 0.717) is 18.8 Å². The molecule has 0 radical (unpaired) electrons. The predicted molar refractivity (Wildman–Crippen MR) is 68.1 cm³/mol. The summed E-state index contributed by atoms with van der Waals surface area (Å²) in [7, 11) is 0. The molecule has 16 heavy (non-hydrogen) atoms. The van der Waals surface area contributed by atoms with Crippen molar-refractivity contribution in [3.63, 3.8) is 0 Å². The smallest absolute Gasteiger partial charge is 0.220 e. The van der Waals surface area contributed by atoms with Crippen molar-refractivity contribution >= 4 is 28.8 Å². The van der Waals surface area contributed by atoms with Crippen LogP contribution in [0.5, 0.6) is 0 Å². The predicted octanol–water partition coefficient (Wildman–Crippen LogP) is 2.52. The summed E-state index contributed by atoms with van der Waals surface area (Å²) < 4.78 is 0. The van der Waals surface area contributed by atoms with Crippen LogP contribution >= 0.6 is 22.9 Å². The Balaban J connectivity index is 2.08. The molecule has 0 spiro atoms. The fourth-order valence-corrected chi connectivity index (χ4v) is 2.16. The van der Waals surface area contributed by atoms with Crippen LogP contribution in [0.1, 0.15) is 30.0 Å². The number of nitrogens with one attached hydrogen (secondary N) is 1. The van der Waals surface area contributed by atoms with Crippen LogP contribution in [0.3, 0.4) is 0 Å². The molecule has 0 fully saturated rings. The van der Waals surface area contributed by atoms with Gasteiger partial charge in [0.05, 0.1) is 10.7 Å². The number of carbonyl (C=O) groups is 1. The molecule has 0 aliphatic rings. The Hall–Kier alpha value is -0.610. The summed E-state index contributed by atoms with van der Waals surface area (Å²) in [5.74, 6) is 0.739. The number of carbonyl (C=O) groups excluding carboxylic acids is 1. The maximum atomic E-state index is 11.3. The van der Waals surface area contributed by atoms with Crippen molar-refractivity contribution in [3.8, 4) is 0 Å². The highest BCUT2D eigenvalue weighted by atomic mass is 35.5. The van der Waals surface area contributed by atoms with Crippen LogP contribution in [-0.4, -0.2) is 23.3 Å². The fraction of sp³-hybridized carbons (Fsp3) is 0.636. The zero-order valence-corrected chi connectivity index (χ0v) is 11.0. The number of amides is 1. The quantitative estimate of drug-likeness (QED) is 0.605. The van der Waals surface area contributed by atoms with Crippen LogP contribution in [0.4, 0.5) is 0 Å². The highest BCUT2D eigenvalue weighted by Crippen LogP contribution is 2.07. The van der Waals surface area contributed by atoms with Crippen LogP contribution in [0, 0.1) is 6.92 Å². The van der Waals surface area contributed by atoms with E-state index in [2.05, 4.69) is 10.3 Å². The number of halogens is 1. The number of unbranched alkanes of at least 4 members (excludes halogenated alkanes) is 1. The minimum absolute atomic E-state index is 0.108. The van der Waals surface area contributed by atoms with Gasteiger partial charge in [-0.15, -0.1) is 22.9 Å². The van der Waals surface area contributed by atoms with Gasteiger partial charge in [0.2, 0.25) is 5.91 Å². The van der Waals surface area contributed by atoms with E-state index in [4.69, 9.17) is 11.6 Å². The summed E-state index contributed by atoms with van der Waals surface area (Å²) in [6.07, 6.45) is 3.15. The number of thiazole rings is 1. The van der Waals surface area contributed by atoms with Crippen molar-refractivity contribution in [2.45, 2.75) is 32.6 Å². The lowest BCUT2D eigenvalue weighted by Crippen LogP contribution is -2.25. The molecular weight excluding hydrogens is 244 g/mol. The SMILES string of the molecule is Cc1nc(CCNC(=O)CCCCCl)cs1. The Labute approximate surface area is 105 Å². The molecule has 1 N–H and O–H groups in total. The van der Waals surface area contributed by atoms with E-state index < -0.39 is 0 Å². The summed E-state index contributed by atoms with van der Waals surface area (Å²) in [6, 6.07) is 0. The summed E-state index contributed by atoms with van der Waals surface area (Å²) >= 11 is 7.17. The minimum Gasteiger partial charge on any atom is -0.356 e. The molecule has 0 saturated heterocycles. The number of nitrogens with zero attached hydrogens (tertiary/aromatic N) is 1. The van der Waals surface area contributed by atoms with E-state index >= 15 is 0 Å². The van der Waals surface area contributed by atoms with Crippen LogP contribution < -0.4 is 5.32 Å². The van der Waals surface area contributed by atoms with Gasteiger partial charge in [-0.3, -0.25) is 4.79 Å². The highest BCUT2D eigenvalue weighted by Gasteiger charge is 2.02. The minimum atomic E-state index is 0.108. The second kappa shape index (κ2) is 7.63. The third-order valence-corrected chi connectivity index (χ3v) is 3.25. The lowest BCUT2D eigenvalue weighted by molar-refractivity contribution is -0.121. The lowest BCUT2D eigenvalue weighted by atomic mass is 10.2. The first-order valence-electron chi connectivity index (χ1n) is 5.46. The summed E-state index contributed by atoms with van der Waals surface area (Å²) in [4.78, 5) is 15.7. The summed E-state index contributed by atoms with van der Waals surface area (Å²) in [5.41, 5.74) is 1.06. The van der Waals surface area contributed by atoms with E-state index in [9.17, 15) is 4.79 Å². The van der Waals surface area contributed by atoms with Gasteiger partial charge in [-0.05, 0) is 19.8 Å². The molecule has 0 aromatic carbocycles. The maximum absolute atomic E-state index is 11.3. The van der Waals surface area contributed by atoms with Gasteiger partial charge in [0, 0.05) is 30.6 Å². The van der Waals surface area contributed by atoms with Gasteiger partial charge in [0.25, 0.3) is 0 Å². The lowest BCUT2D eigenvalue weighted by Gasteiger charge is -2.03. The molecule has 3 nitrogen and oxygen atoms in total. The van der Waals surface area contributed by atoms with E-state index in [1.165, 1.54) is 0 Å².